The molecule has 9 heteroatoms. The van der Waals surface area contributed by atoms with Crippen LogP contribution in [0.4, 0.5) is 10.1 Å². The maximum Gasteiger partial charge on any atom is 0.228 e. The van der Waals surface area contributed by atoms with E-state index in [9.17, 15) is 14.0 Å². The summed E-state index contributed by atoms with van der Waals surface area (Å²) in [6.07, 6.45) is 5.09. The molecule has 0 saturated carbocycles. The number of Topliss-reactive ketones (excluding diaryl/α,β-unsaturated/α-hetero) is 1. The third-order valence-corrected chi connectivity index (χ3v) is 6.17. The number of fused-ring (bicyclic) bond motifs is 1. The summed E-state index contributed by atoms with van der Waals surface area (Å²) in [6, 6.07) is 16.9. The number of anilines is 1. The van der Waals surface area contributed by atoms with E-state index in [4.69, 9.17) is 11.6 Å². The highest BCUT2D eigenvalue weighted by Gasteiger charge is 2.16. The number of ketones is 1. The molecule has 0 aliphatic heterocycles. The number of hydrogen-bond acceptors (Lipinski definition) is 4. The number of carbonyl (C=O) groups excluding carboxylic acids is 2. The van der Waals surface area contributed by atoms with Gasteiger partial charge in [0.2, 0.25) is 5.91 Å². The molecule has 0 fully saturated rings. The quantitative estimate of drug-likeness (QED) is 0.312. The Kier molecular flexibility index (Phi) is 6.35. The van der Waals surface area contributed by atoms with Gasteiger partial charge in [-0.05, 0) is 53.6 Å². The number of aromatic nitrogens is 4. The summed E-state index contributed by atoms with van der Waals surface area (Å²) in [4.78, 5) is 25.4. The fraction of sp³-hybridized carbons (Fsp3) is 0.111. The van der Waals surface area contributed by atoms with Crippen LogP contribution in [-0.2, 0) is 24.7 Å². The van der Waals surface area contributed by atoms with Crippen LogP contribution in [-0.4, -0.2) is 31.3 Å². The lowest BCUT2D eigenvalue weighted by Crippen LogP contribution is -2.14. The van der Waals surface area contributed by atoms with Crippen LogP contribution in [0.3, 0.4) is 0 Å². The first-order chi connectivity index (χ1) is 17.4. The van der Waals surface area contributed by atoms with Crippen LogP contribution in [0.25, 0.3) is 16.6 Å². The molecule has 0 bridgehead atoms. The first kappa shape index (κ1) is 23.4. The van der Waals surface area contributed by atoms with Crippen LogP contribution in [0.5, 0.6) is 0 Å². The summed E-state index contributed by atoms with van der Waals surface area (Å²) in [6.45, 7) is 0. The number of para-hydroxylation sites is 1. The van der Waals surface area contributed by atoms with Crippen molar-refractivity contribution in [1.82, 2.24) is 19.6 Å². The summed E-state index contributed by atoms with van der Waals surface area (Å²) in [5.41, 5.74) is 3.40. The Hall–Kier alpha value is -4.30. The van der Waals surface area contributed by atoms with Crippen molar-refractivity contribution < 1.29 is 14.0 Å². The van der Waals surface area contributed by atoms with Crippen molar-refractivity contribution in [3.63, 3.8) is 0 Å². The van der Waals surface area contributed by atoms with Gasteiger partial charge in [-0.15, -0.1) is 0 Å². The van der Waals surface area contributed by atoms with Gasteiger partial charge in [-0.25, -0.2) is 9.07 Å². The number of hydrogen-bond donors (Lipinski definition) is 1. The molecule has 0 spiro atoms. The second kappa shape index (κ2) is 9.75. The van der Waals surface area contributed by atoms with Gasteiger partial charge in [0.15, 0.2) is 5.78 Å². The molecule has 0 unspecified atom stereocenters. The van der Waals surface area contributed by atoms with Gasteiger partial charge in [0.05, 0.1) is 46.3 Å². The number of nitrogens with zero attached hydrogens (tertiary/aromatic N) is 4. The summed E-state index contributed by atoms with van der Waals surface area (Å²) in [5.74, 6) is -1.19. The van der Waals surface area contributed by atoms with Crippen LogP contribution in [0, 0.1) is 5.82 Å². The molecule has 0 atom stereocenters. The monoisotopic (exact) mass is 501 g/mol. The van der Waals surface area contributed by atoms with E-state index in [0.29, 0.717) is 22.0 Å². The van der Waals surface area contributed by atoms with E-state index < -0.39 is 5.82 Å². The Morgan fingerprint density at radius 1 is 0.972 bits per heavy atom. The van der Waals surface area contributed by atoms with Gasteiger partial charge in [-0.1, -0.05) is 29.8 Å². The highest BCUT2D eigenvalue weighted by Crippen LogP contribution is 2.22. The third kappa shape index (κ3) is 4.89. The molecule has 0 aliphatic rings. The number of benzene rings is 3. The van der Waals surface area contributed by atoms with Gasteiger partial charge in [-0.3, -0.25) is 14.3 Å². The molecule has 0 aliphatic carbocycles. The van der Waals surface area contributed by atoms with Crippen molar-refractivity contribution in [1.29, 1.82) is 0 Å². The standard InChI is InChI=1S/C27H21ClFN5O2/c1-33-25-9-6-17(10-19(25)15-30-33)11-26(35)21-13-20(7-8-23(21)29)34-16-18(14-31-34)12-27(36)32-24-5-3-2-4-22(24)28/h2-10,13-16H,11-12H2,1H3,(H,32,36). The molecule has 2 aromatic heterocycles. The highest BCUT2D eigenvalue weighted by molar-refractivity contribution is 6.33. The fourth-order valence-corrected chi connectivity index (χ4v) is 4.19. The first-order valence-corrected chi connectivity index (χ1v) is 11.6. The predicted octanol–water partition coefficient (Wildman–Crippen LogP) is 5.16. The molecule has 180 valence electrons. The zero-order valence-corrected chi connectivity index (χ0v) is 20.0. The van der Waals surface area contributed by atoms with Crippen LogP contribution >= 0.6 is 11.6 Å². The largest absolute Gasteiger partial charge is 0.324 e. The van der Waals surface area contributed by atoms with Crippen LogP contribution in [0.15, 0.2) is 79.3 Å². The molecule has 0 saturated heterocycles. The zero-order valence-electron chi connectivity index (χ0n) is 19.3. The Bertz CT molecular complexity index is 1610. The number of nitrogens with one attached hydrogen (secondary N) is 1. The topological polar surface area (TPSA) is 81.8 Å². The average molecular weight is 502 g/mol. The summed E-state index contributed by atoms with van der Waals surface area (Å²) >= 11 is 6.09. The Morgan fingerprint density at radius 3 is 2.64 bits per heavy atom. The fourth-order valence-electron chi connectivity index (χ4n) is 4.01. The van der Waals surface area contributed by atoms with E-state index in [2.05, 4.69) is 15.5 Å². The van der Waals surface area contributed by atoms with E-state index >= 15 is 0 Å². The van der Waals surface area contributed by atoms with Gasteiger partial charge < -0.3 is 5.32 Å². The van der Waals surface area contributed by atoms with Gasteiger partial charge in [0.25, 0.3) is 0 Å². The van der Waals surface area contributed by atoms with Crippen molar-refractivity contribution in [3.05, 3.63) is 107 Å². The number of carbonyl (C=O) groups is 2. The molecular weight excluding hydrogens is 481 g/mol. The lowest BCUT2D eigenvalue weighted by atomic mass is 10.0. The molecule has 7 nitrogen and oxygen atoms in total. The molecule has 5 aromatic rings. The molecular formula is C27H21ClFN5O2. The van der Waals surface area contributed by atoms with Crippen molar-refractivity contribution in [2.45, 2.75) is 12.8 Å². The van der Waals surface area contributed by atoms with Crippen molar-refractivity contribution in [2.24, 2.45) is 7.05 Å². The maximum atomic E-state index is 14.6. The van der Waals surface area contributed by atoms with Crippen molar-refractivity contribution in [2.75, 3.05) is 5.32 Å². The van der Waals surface area contributed by atoms with E-state index in [1.54, 1.807) is 47.5 Å². The minimum atomic E-state index is -0.599. The molecule has 0 radical (unpaired) electrons. The van der Waals surface area contributed by atoms with Crippen LogP contribution in [0.2, 0.25) is 5.02 Å². The van der Waals surface area contributed by atoms with Crippen LogP contribution in [0.1, 0.15) is 21.5 Å². The summed E-state index contributed by atoms with van der Waals surface area (Å²) in [7, 11) is 1.85. The first-order valence-electron chi connectivity index (χ1n) is 11.2. The molecule has 3 aromatic carbocycles. The average Bonchev–Trinajstić information content (AvgIpc) is 3.47. The van der Waals surface area contributed by atoms with E-state index in [1.807, 2.05) is 25.2 Å². The highest BCUT2D eigenvalue weighted by atomic mass is 35.5. The number of rotatable bonds is 7. The van der Waals surface area contributed by atoms with Crippen molar-refractivity contribution in [3.8, 4) is 5.69 Å². The lowest BCUT2D eigenvalue weighted by Gasteiger charge is -2.07. The van der Waals surface area contributed by atoms with Gasteiger partial charge in [0, 0.05) is 25.1 Å². The number of amides is 1. The SMILES string of the molecule is Cn1ncc2cc(CC(=O)c3cc(-n4cc(CC(=O)Nc5ccccc5Cl)cn4)ccc3F)ccc21. The third-order valence-electron chi connectivity index (χ3n) is 5.84. The zero-order chi connectivity index (χ0) is 25.2. The Labute approximate surface area is 211 Å². The molecule has 1 N–H and O–H groups in total. The normalized spacial score (nSPS) is 11.1. The molecule has 36 heavy (non-hydrogen) atoms. The number of aryl methyl sites for hydroxylation is 1. The maximum absolute atomic E-state index is 14.6. The van der Waals surface area contributed by atoms with E-state index in [-0.39, 0.29) is 30.1 Å². The van der Waals surface area contributed by atoms with E-state index in [0.717, 1.165) is 16.5 Å². The second-order valence-electron chi connectivity index (χ2n) is 8.42. The second-order valence-corrected chi connectivity index (χ2v) is 8.83. The lowest BCUT2D eigenvalue weighted by molar-refractivity contribution is -0.115. The minimum absolute atomic E-state index is 0.0210. The summed E-state index contributed by atoms with van der Waals surface area (Å²) in [5, 5.41) is 12.6. The van der Waals surface area contributed by atoms with Crippen LogP contribution < -0.4 is 5.32 Å². The van der Waals surface area contributed by atoms with Gasteiger partial charge in [0.1, 0.15) is 5.82 Å². The van der Waals surface area contributed by atoms with Gasteiger partial charge in [-0.2, -0.15) is 10.2 Å². The predicted molar refractivity (Wildman–Crippen MR) is 136 cm³/mol. The van der Waals surface area contributed by atoms with Gasteiger partial charge >= 0.3 is 0 Å². The minimum Gasteiger partial charge on any atom is -0.324 e. The molecule has 5 rings (SSSR count). The van der Waals surface area contributed by atoms with E-state index in [1.165, 1.54) is 22.9 Å². The van der Waals surface area contributed by atoms with Crippen molar-refractivity contribution >= 4 is 39.9 Å². The Morgan fingerprint density at radius 2 is 1.81 bits per heavy atom. The molecule has 1 amide bonds. The molecule has 2 heterocycles. The Balaban J connectivity index is 1.30. The smallest absolute Gasteiger partial charge is 0.228 e. The summed E-state index contributed by atoms with van der Waals surface area (Å²) < 4.78 is 17.8. The number of halogens is 2.